The summed E-state index contributed by atoms with van der Waals surface area (Å²) in [6.07, 6.45) is 2.36. The lowest BCUT2D eigenvalue weighted by atomic mass is 10.3. The summed E-state index contributed by atoms with van der Waals surface area (Å²) < 4.78 is 28.1. The van der Waals surface area contributed by atoms with Crippen molar-refractivity contribution in [3.05, 3.63) is 12.0 Å². The predicted octanol–water partition coefficient (Wildman–Crippen LogP) is -0.622. The molecule has 8 nitrogen and oxygen atoms in total. The molecule has 1 fully saturated rings. The Balaban J connectivity index is 0.00000242. The first kappa shape index (κ1) is 18.9. The number of sulfonamides is 1. The molecule has 126 valence electrons. The van der Waals surface area contributed by atoms with E-state index in [1.807, 2.05) is 0 Å². The Morgan fingerprint density at radius 2 is 2.23 bits per heavy atom. The van der Waals surface area contributed by atoms with Gasteiger partial charge in [-0.25, -0.2) is 18.1 Å². The van der Waals surface area contributed by atoms with Gasteiger partial charge in [-0.2, -0.15) is 0 Å². The average Bonchev–Trinajstić information content (AvgIpc) is 2.97. The topological polar surface area (TPSA) is 110 Å². The van der Waals surface area contributed by atoms with Crippen molar-refractivity contribution in [3.8, 4) is 0 Å². The summed E-state index contributed by atoms with van der Waals surface area (Å²) in [4.78, 5) is 17.5. The second-order valence-corrected chi connectivity index (χ2v) is 6.99. The first-order valence-corrected chi connectivity index (χ1v) is 8.31. The van der Waals surface area contributed by atoms with Gasteiger partial charge in [0.15, 0.2) is 5.03 Å². The Hall–Kier alpha value is -1.16. The van der Waals surface area contributed by atoms with Crippen LogP contribution in [0.2, 0.25) is 0 Å². The van der Waals surface area contributed by atoms with Crippen molar-refractivity contribution < 1.29 is 13.2 Å². The van der Waals surface area contributed by atoms with E-state index in [9.17, 15) is 13.2 Å². The lowest BCUT2D eigenvalue weighted by molar-refractivity contribution is -0.130. The summed E-state index contributed by atoms with van der Waals surface area (Å²) >= 11 is 0. The van der Waals surface area contributed by atoms with Crippen molar-refractivity contribution in [1.82, 2.24) is 19.2 Å². The largest absolute Gasteiger partial charge is 0.341 e. The summed E-state index contributed by atoms with van der Waals surface area (Å²) in [5.41, 5.74) is 5.74. The number of imidazole rings is 1. The van der Waals surface area contributed by atoms with Crippen LogP contribution in [0.5, 0.6) is 0 Å². The van der Waals surface area contributed by atoms with Gasteiger partial charge in [0.1, 0.15) is 5.82 Å². The average molecular weight is 352 g/mol. The highest BCUT2D eigenvalue weighted by Crippen LogP contribution is 2.09. The van der Waals surface area contributed by atoms with E-state index in [1.54, 1.807) is 23.4 Å². The number of carbonyl (C=O) groups excluding carboxylic acids is 1. The molecule has 10 heteroatoms. The minimum absolute atomic E-state index is 0. The monoisotopic (exact) mass is 351 g/mol. The predicted molar refractivity (Wildman–Crippen MR) is 84.2 cm³/mol. The van der Waals surface area contributed by atoms with Crippen molar-refractivity contribution in [2.75, 3.05) is 19.6 Å². The maximum Gasteiger partial charge on any atom is 0.259 e. The smallest absolute Gasteiger partial charge is 0.259 e. The molecule has 0 radical (unpaired) electrons. The Bertz CT molecular complexity index is 611. The Kier molecular flexibility index (Phi) is 6.36. The number of aromatic nitrogens is 2. The molecule has 1 saturated heterocycles. The summed E-state index contributed by atoms with van der Waals surface area (Å²) in [5.74, 6) is 0.528. The fourth-order valence-corrected chi connectivity index (χ4v) is 3.26. The lowest BCUT2D eigenvalue weighted by Gasteiger charge is -2.15. The number of nitrogens with two attached hydrogens (primary N) is 1. The van der Waals surface area contributed by atoms with Gasteiger partial charge < -0.3 is 15.2 Å². The van der Waals surface area contributed by atoms with E-state index < -0.39 is 10.0 Å². The van der Waals surface area contributed by atoms with Crippen LogP contribution in [-0.4, -0.2) is 54.5 Å². The van der Waals surface area contributed by atoms with Gasteiger partial charge in [0.2, 0.25) is 5.91 Å². The molecule has 1 aromatic heterocycles. The number of hydrogen-bond donors (Lipinski definition) is 2. The van der Waals surface area contributed by atoms with E-state index in [0.29, 0.717) is 18.9 Å². The van der Waals surface area contributed by atoms with E-state index in [1.165, 1.54) is 6.20 Å². The number of likely N-dealkylation sites (tertiary alicyclic amines) is 1. The third kappa shape index (κ3) is 4.42. The number of nitrogens with one attached hydrogen (secondary N) is 1. The van der Waals surface area contributed by atoms with Crippen LogP contribution in [-0.2, 0) is 21.9 Å². The van der Waals surface area contributed by atoms with Crippen LogP contribution >= 0.6 is 12.4 Å². The zero-order valence-corrected chi connectivity index (χ0v) is 14.3. The summed E-state index contributed by atoms with van der Waals surface area (Å²) in [7, 11) is -1.95. The Morgan fingerprint density at radius 3 is 2.73 bits per heavy atom. The molecule has 0 spiro atoms. The van der Waals surface area contributed by atoms with Crippen molar-refractivity contribution in [1.29, 1.82) is 0 Å². The second kappa shape index (κ2) is 7.40. The molecule has 0 bridgehead atoms. The highest BCUT2D eigenvalue weighted by molar-refractivity contribution is 7.89. The standard InChI is InChI=1S/C12H21N5O3S.ClH/c1-9-15-11(8-16(9)2)21(19,20)14-5-3-12(18)17-6-4-10(13)7-17;/h8,10,14H,3-7,13H2,1-2H3;1H/t10-;/m1./s1. The molecule has 0 aromatic carbocycles. The lowest BCUT2D eigenvalue weighted by Crippen LogP contribution is -2.35. The molecule has 1 aromatic rings. The molecule has 0 saturated carbocycles. The van der Waals surface area contributed by atoms with E-state index in [2.05, 4.69) is 9.71 Å². The van der Waals surface area contributed by atoms with E-state index in [4.69, 9.17) is 5.73 Å². The second-order valence-electron chi connectivity index (χ2n) is 5.27. The minimum Gasteiger partial charge on any atom is -0.341 e. The molecule has 0 aliphatic carbocycles. The number of hydrogen-bond acceptors (Lipinski definition) is 5. The molecular weight excluding hydrogens is 330 g/mol. The highest BCUT2D eigenvalue weighted by atomic mass is 35.5. The van der Waals surface area contributed by atoms with E-state index in [-0.39, 0.29) is 42.3 Å². The number of nitrogens with zero attached hydrogens (tertiary/aromatic N) is 3. The summed E-state index contributed by atoms with van der Waals surface area (Å²) in [6.45, 7) is 2.97. The van der Waals surface area contributed by atoms with Gasteiger partial charge in [0.05, 0.1) is 0 Å². The fourth-order valence-electron chi connectivity index (χ4n) is 2.19. The first-order chi connectivity index (χ1) is 9.79. The minimum atomic E-state index is -3.67. The molecule has 2 heterocycles. The third-order valence-electron chi connectivity index (χ3n) is 3.57. The number of aryl methyl sites for hydroxylation is 2. The van der Waals surface area contributed by atoms with Crippen molar-refractivity contribution in [2.45, 2.75) is 30.8 Å². The highest BCUT2D eigenvalue weighted by Gasteiger charge is 2.24. The van der Waals surface area contributed by atoms with Gasteiger partial charge in [0, 0.05) is 45.3 Å². The van der Waals surface area contributed by atoms with Gasteiger partial charge in [0.25, 0.3) is 10.0 Å². The molecule has 1 amide bonds. The summed E-state index contributed by atoms with van der Waals surface area (Å²) in [6, 6.07) is 0.0298. The van der Waals surface area contributed by atoms with Gasteiger partial charge in [-0.3, -0.25) is 4.79 Å². The van der Waals surface area contributed by atoms with Crippen molar-refractivity contribution >= 4 is 28.3 Å². The molecule has 22 heavy (non-hydrogen) atoms. The normalized spacial score (nSPS) is 18.3. The number of halogens is 1. The molecule has 2 rings (SSSR count). The number of amides is 1. The first-order valence-electron chi connectivity index (χ1n) is 6.82. The van der Waals surface area contributed by atoms with Crippen molar-refractivity contribution in [3.63, 3.8) is 0 Å². The maximum absolute atomic E-state index is 12.0. The van der Waals surface area contributed by atoms with Gasteiger partial charge in [-0.1, -0.05) is 0 Å². The zero-order valence-electron chi connectivity index (χ0n) is 12.7. The Morgan fingerprint density at radius 1 is 1.55 bits per heavy atom. The fraction of sp³-hybridized carbons (Fsp3) is 0.667. The van der Waals surface area contributed by atoms with Gasteiger partial charge in [-0.05, 0) is 13.3 Å². The number of carbonyl (C=O) groups is 1. The molecule has 3 N–H and O–H groups in total. The van der Waals surface area contributed by atoms with Crippen LogP contribution in [0, 0.1) is 6.92 Å². The van der Waals surface area contributed by atoms with Gasteiger partial charge in [-0.15, -0.1) is 12.4 Å². The van der Waals surface area contributed by atoms with Crippen LogP contribution in [0.4, 0.5) is 0 Å². The molecule has 1 aliphatic heterocycles. The Labute approximate surface area is 136 Å². The van der Waals surface area contributed by atoms with Crippen LogP contribution in [0.25, 0.3) is 0 Å². The van der Waals surface area contributed by atoms with E-state index >= 15 is 0 Å². The number of rotatable bonds is 5. The summed E-state index contributed by atoms with van der Waals surface area (Å²) in [5, 5.41) is -0.0295. The SMILES string of the molecule is Cc1nc(S(=O)(=O)NCCC(=O)N2CC[C@@H](N)C2)cn1C.Cl. The van der Waals surface area contributed by atoms with Crippen LogP contribution in [0.3, 0.4) is 0 Å². The molecule has 1 aliphatic rings. The van der Waals surface area contributed by atoms with Crippen molar-refractivity contribution in [2.24, 2.45) is 12.8 Å². The molecular formula is C12H22ClN5O3S. The third-order valence-corrected chi connectivity index (χ3v) is 4.90. The molecule has 0 unspecified atom stereocenters. The molecule has 1 atom stereocenters. The van der Waals surface area contributed by atoms with E-state index in [0.717, 1.165) is 6.42 Å². The zero-order chi connectivity index (χ0) is 15.6. The van der Waals surface area contributed by atoms with Gasteiger partial charge >= 0.3 is 0 Å². The maximum atomic E-state index is 12.0. The van der Waals surface area contributed by atoms with Crippen LogP contribution < -0.4 is 10.5 Å². The van der Waals surface area contributed by atoms with Crippen LogP contribution in [0.15, 0.2) is 11.2 Å². The van der Waals surface area contributed by atoms with Crippen LogP contribution in [0.1, 0.15) is 18.7 Å². The quantitative estimate of drug-likeness (QED) is 0.734.